The Morgan fingerprint density at radius 1 is 1.32 bits per heavy atom. The van der Waals surface area contributed by atoms with E-state index >= 15 is 0 Å². The first-order valence-electron chi connectivity index (χ1n) is 5.92. The molecule has 6 heteroatoms. The van der Waals surface area contributed by atoms with E-state index in [1.807, 2.05) is 31.2 Å². The molecule has 0 spiro atoms. The number of carbonyl (C=O) groups excluding carboxylic acids is 2. The largest absolute Gasteiger partial charge is 0.361 e. The van der Waals surface area contributed by atoms with Crippen molar-refractivity contribution in [3.63, 3.8) is 0 Å². The number of amides is 2. The topological polar surface area (TPSA) is 84.6 Å². The lowest BCUT2D eigenvalue weighted by molar-refractivity contribution is -0.137. The van der Waals surface area contributed by atoms with Gasteiger partial charge >= 0.3 is 11.8 Å². The number of hydrogen-bond donors (Lipinski definition) is 2. The number of rotatable bonds is 5. The van der Waals surface area contributed by atoms with Crippen LogP contribution >= 0.6 is 15.9 Å². The predicted molar refractivity (Wildman–Crippen MR) is 77.5 cm³/mol. The van der Waals surface area contributed by atoms with E-state index in [4.69, 9.17) is 5.73 Å². The molecule has 1 aromatic rings. The van der Waals surface area contributed by atoms with E-state index in [-0.39, 0.29) is 0 Å². The highest BCUT2D eigenvalue weighted by Gasteiger charge is 2.07. The number of primary amides is 1. The molecule has 0 aliphatic rings. The fourth-order valence-corrected chi connectivity index (χ4v) is 1.70. The summed E-state index contributed by atoms with van der Waals surface area (Å²) in [6.07, 6.45) is 2.25. The number of benzene rings is 1. The van der Waals surface area contributed by atoms with Crippen molar-refractivity contribution in [2.45, 2.75) is 26.2 Å². The molecule has 0 bridgehead atoms. The van der Waals surface area contributed by atoms with E-state index in [2.05, 4.69) is 26.5 Å². The second-order valence-corrected chi connectivity index (χ2v) is 4.88. The summed E-state index contributed by atoms with van der Waals surface area (Å²) >= 11 is 3.38. The highest BCUT2D eigenvalue weighted by atomic mass is 79.9. The van der Waals surface area contributed by atoms with Crippen LogP contribution in [0.4, 0.5) is 0 Å². The second-order valence-electron chi connectivity index (χ2n) is 3.96. The molecule has 19 heavy (non-hydrogen) atoms. The van der Waals surface area contributed by atoms with Crippen molar-refractivity contribution in [3.05, 3.63) is 34.3 Å². The first-order valence-corrected chi connectivity index (χ1v) is 6.72. The molecule has 0 aliphatic carbocycles. The number of aryl methyl sites for hydroxylation is 1. The van der Waals surface area contributed by atoms with Gasteiger partial charge in [0, 0.05) is 10.2 Å². The number of carbonyl (C=O) groups is 2. The lowest BCUT2D eigenvalue weighted by Gasteiger charge is -2.04. The number of nitrogens with one attached hydrogen (secondary N) is 1. The molecule has 0 heterocycles. The van der Waals surface area contributed by atoms with Gasteiger partial charge in [-0.05, 0) is 37.0 Å². The zero-order chi connectivity index (χ0) is 14.3. The van der Waals surface area contributed by atoms with Gasteiger partial charge in [0.1, 0.15) is 0 Å². The quantitative estimate of drug-likeness (QED) is 0.491. The molecule has 0 saturated carbocycles. The smallest absolute Gasteiger partial charge is 0.329 e. The summed E-state index contributed by atoms with van der Waals surface area (Å²) in [6, 6.07) is 8.01. The highest BCUT2D eigenvalue weighted by Crippen LogP contribution is 2.12. The van der Waals surface area contributed by atoms with Crippen molar-refractivity contribution in [1.82, 2.24) is 5.43 Å². The zero-order valence-corrected chi connectivity index (χ0v) is 12.2. The molecule has 3 N–H and O–H groups in total. The summed E-state index contributed by atoms with van der Waals surface area (Å²) in [5.41, 5.74) is 8.97. The van der Waals surface area contributed by atoms with Crippen molar-refractivity contribution >= 4 is 33.5 Å². The third kappa shape index (κ3) is 5.65. The number of hydrogen-bond acceptors (Lipinski definition) is 3. The first-order chi connectivity index (χ1) is 9.02. The predicted octanol–water partition coefficient (Wildman–Crippen LogP) is 1.75. The van der Waals surface area contributed by atoms with Crippen LogP contribution in [-0.2, 0) is 16.0 Å². The zero-order valence-electron chi connectivity index (χ0n) is 10.6. The van der Waals surface area contributed by atoms with Gasteiger partial charge in [0.05, 0.1) is 0 Å². The Balaban J connectivity index is 2.52. The lowest BCUT2D eigenvalue weighted by Crippen LogP contribution is -2.33. The molecule has 0 unspecified atom stereocenters. The maximum Gasteiger partial charge on any atom is 0.329 e. The van der Waals surface area contributed by atoms with Crippen molar-refractivity contribution in [1.29, 1.82) is 0 Å². The lowest BCUT2D eigenvalue weighted by atomic mass is 10.1. The van der Waals surface area contributed by atoms with Gasteiger partial charge < -0.3 is 5.73 Å². The maximum absolute atomic E-state index is 11.0. The van der Waals surface area contributed by atoms with Crippen molar-refractivity contribution in [2.24, 2.45) is 10.8 Å². The van der Waals surface area contributed by atoms with E-state index in [0.29, 0.717) is 6.42 Å². The molecular weight excluding hydrogens is 310 g/mol. The van der Waals surface area contributed by atoms with Gasteiger partial charge in [0.25, 0.3) is 0 Å². The molecule has 0 atom stereocenters. The van der Waals surface area contributed by atoms with Crippen molar-refractivity contribution < 1.29 is 9.59 Å². The summed E-state index contributed by atoms with van der Waals surface area (Å²) < 4.78 is 1.04. The van der Waals surface area contributed by atoms with E-state index in [1.165, 1.54) is 5.56 Å². The van der Waals surface area contributed by atoms with Crippen LogP contribution in [0, 0.1) is 0 Å². The van der Waals surface area contributed by atoms with Gasteiger partial charge in [0.15, 0.2) is 0 Å². The number of hydrazone groups is 1. The van der Waals surface area contributed by atoms with E-state index in [9.17, 15) is 9.59 Å². The molecule has 1 rings (SSSR count). The normalized spacial score (nSPS) is 11.2. The SMILES string of the molecule is CC/C(CCc1ccc(Br)cc1)=N\NC(=O)C(N)=O. The number of nitrogens with two attached hydrogens (primary N) is 1. The Morgan fingerprint density at radius 3 is 2.47 bits per heavy atom. The molecule has 102 valence electrons. The molecule has 1 aromatic carbocycles. The molecule has 0 fully saturated rings. The Kier molecular flexibility index (Phi) is 6.21. The number of halogens is 1. The van der Waals surface area contributed by atoms with E-state index in [0.717, 1.165) is 23.0 Å². The minimum absolute atomic E-state index is 0.704. The minimum Gasteiger partial charge on any atom is -0.361 e. The van der Waals surface area contributed by atoms with E-state index < -0.39 is 11.8 Å². The van der Waals surface area contributed by atoms with Crippen LogP contribution in [0.5, 0.6) is 0 Å². The third-order valence-electron chi connectivity index (χ3n) is 2.56. The average molecular weight is 326 g/mol. The van der Waals surface area contributed by atoms with Crippen LogP contribution in [-0.4, -0.2) is 17.5 Å². The molecule has 0 aliphatic heterocycles. The van der Waals surface area contributed by atoms with Crippen LogP contribution < -0.4 is 11.2 Å². The third-order valence-corrected chi connectivity index (χ3v) is 3.09. The fraction of sp³-hybridized carbons (Fsp3) is 0.308. The highest BCUT2D eigenvalue weighted by molar-refractivity contribution is 9.10. The van der Waals surface area contributed by atoms with Gasteiger partial charge in [0.2, 0.25) is 0 Å². The Morgan fingerprint density at radius 2 is 1.95 bits per heavy atom. The van der Waals surface area contributed by atoms with Crippen LogP contribution in [0.3, 0.4) is 0 Å². The van der Waals surface area contributed by atoms with Crippen LogP contribution in [0.2, 0.25) is 0 Å². The molecule has 0 radical (unpaired) electrons. The van der Waals surface area contributed by atoms with Gasteiger partial charge in [-0.1, -0.05) is 35.0 Å². The molecule has 2 amide bonds. The molecule has 5 nitrogen and oxygen atoms in total. The Hall–Kier alpha value is -1.69. The monoisotopic (exact) mass is 325 g/mol. The van der Waals surface area contributed by atoms with Gasteiger partial charge in [-0.3, -0.25) is 9.59 Å². The van der Waals surface area contributed by atoms with Crippen LogP contribution in [0.15, 0.2) is 33.8 Å². The summed E-state index contributed by atoms with van der Waals surface area (Å²) in [5, 5.41) is 3.90. The maximum atomic E-state index is 11.0. The van der Waals surface area contributed by atoms with Gasteiger partial charge in [-0.2, -0.15) is 5.10 Å². The van der Waals surface area contributed by atoms with Crippen LogP contribution in [0.1, 0.15) is 25.3 Å². The summed E-state index contributed by atoms with van der Waals surface area (Å²) in [6.45, 7) is 1.94. The Labute approximate surface area is 120 Å². The summed E-state index contributed by atoms with van der Waals surface area (Å²) in [7, 11) is 0. The molecule has 0 saturated heterocycles. The van der Waals surface area contributed by atoms with E-state index in [1.54, 1.807) is 0 Å². The van der Waals surface area contributed by atoms with Gasteiger partial charge in [-0.15, -0.1) is 0 Å². The minimum atomic E-state index is -1.04. The van der Waals surface area contributed by atoms with Crippen molar-refractivity contribution in [3.8, 4) is 0 Å². The Bertz CT molecular complexity index is 483. The summed E-state index contributed by atoms with van der Waals surface area (Å²) in [5.74, 6) is -1.93. The summed E-state index contributed by atoms with van der Waals surface area (Å²) in [4.78, 5) is 21.5. The standard InChI is InChI=1S/C13H16BrN3O2/c1-2-11(16-17-13(19)12(15)18)8-5-9-3-6-10(14)7-4-9/h3-4,6-7H,2,5,8H2,1H3,(H2,15,18)(H,17,19)/b16-11+. The van der Waals surface area contributed by atoms with Crippen LogP contribution in [0.25, 0.3) is 0 Å². The van der Waals surface area contributed by atoms with Gasteiger partial charge in [-0.25, -0.2) is 5.43 Å². The van der Waals surface area contributed by atoms with Crippen molar-refractivity contribution in [2.75, 3.05) is 0 Å². The second kappa shape index (κ2) is 7.68. The molecule has 0 aromatic heterocycles. The molecular formula is C13H16BrN3O2. The average Bonchev–Trinajstić information content (AvgIpc) is 2.40. The number of nitrogens with zero attached hydrogens (tertiary/aromatic N) is 1. The first kappa shape index (κ1) is 15.4. The fourth-order valence-electron chi connectivity index (χ4n) is 1.44.